The summed E-state index contributed by atoms with van der Waals surface area (Å²) >= 11 is 0. The minimum Gasteiger partial charge on any atom is -0.497 e. The van der Waals surface area contributed by atoms with Crippen molar-refractivity contribution in [1.29, 1.82) is 0 Å². The van der Waals surface area contributed by atoms with E-state index in [-0.39, 0.29) is 5.91 Å². The Morgan fingerprint density at radius 2 is 1.90 bits per heavy atom. The van der Waals surface area contributed by atoms with Crippen molar-refractivity contribution in [2.45, 2.75) is 12.8 Å². The molecule has 1 aromatic carbocycles. The van der Waals surface area contributed by atoms with Crippen LogP contribution >= 0.6 is 0 Å². The van der Waals surface area contributed by atoms with Crippen LogP contribution in [0.5, 0.6) is 5.75 Å². The highest BCUT2D eigenvalue weighted by atomic mass is 16.5. The highest BCUT2D eigenvalue weighted by Crippen LogP contribution is 2.14. The van der Waals surface area contributed by atoms with Crippen LogP contribution in [0.25, 0.3) is 0 Å². The summed E-state index contributed by atoms with van der Waals surface area (Å²) in [6.45, 7) is 2.70. The SMILES string of the molecule is COc1ccc(NC(=O)CCNCCCN(C)C)cc1. The van der Waals surface area contributed by atoms with Crippen LogP contribution < -0.4 is 15.4 Å². The molecule has 0 atom stereocenters. The highest BCUT2D eigenvalue weighted by molar-refractivity contribution is 5.90. The van der Waals surface area contributed by atoms with E-state index in [2.05, 4.69) is 29.6 Å². The van der Waals surface area contributed by atoms with Crippen LogP contribution in [0, 0.1) is 0 Å². The fraction of sp³-hybridized carbons (Fsp3) is 0.533. The van der Waals surface area contributed by atoms with Gasteiger partial charge in [-0.2, -0.15) is 0 Å². The molecule has 0 fully saturated rings. The van der Waals surface area contributed by atoms with Gasteiger partial charge in [-0.05, 0) is 57.9 Å². The summed E-state index contributed by atoms with van der Waals surface area (Å²) in [6.07, 6.45) is 1.57. The third-order valence-electron chi connectivity index (χ3n) is 2.86. The van der Waals surface area contributed by atoms with E-state index in [9.17, 15) is 4.79 Å². The smallest absolute Gasteiger partial charge is 0.225 e. The number of hydrogen-bond acceptors (Lipinski definition) is 4. The number of carbonyl (C=O) groups excluding carboxylic acids is 1. The molecule has 0 heterocycles. The highest BCUT2D eigenvalue weighted by Gasteiger charge is 2.02. The molecule has 5 nitrogen and oxygen atoms in total. The number of benzene rings is 1. The molecule has 0 aliphatic carbocycles. The largest absolute Gasteiger partial charge is 0.497 e. The van der Waals surface area contributed by atoms with Gasteiger partial charge in [0, 0.05) is 18.7 Å². The zero-order valence-corrected chi connectivity index (χ0v) is 12.6. The molecular formula is C15H25N3O2. The molecular weight excluding hydrogens is 254 g/mol. The lowest BCUT2D eigenvalue weighted by Gasteiger charge is -2.10. The Morgan fingerprint density at radius 1 is 1.20 bits per heavy atom. The van der Waals surface area contributed by atoms with Crippen molar-refractivity contribution in [3.8, 4) is 5.75 Å². The molecule has 0 radical (unpaired) electrons. The van der Waals surface area contributed by atoms with Gasteiger partial charge in [-0.25, -0.2) is 0 Å². The van der Waals surface area contributed by atoms with Gasteiger partial charge in [0.2, 0.25) is 5.91 Å². The number of hydrogen-bond donors (Lipinski definition) is 2. The Kier molecular flexibility index (Phi) is 7.69. The van der Waals surface area contributed by atoms with E-state index in [1.54, 1.807) is 7.11 Å². The van der Waals surface area contributed by atoms with Gasteiger partial charge in [-0.1, -0.05) is 0 Å². The molecule has 0 saturated heterocycles. The van der Waals surface area contributed by atoms with Gasteiger partial charge in [0.05, 0.1) is 7.11 Å². The Morgan fingerprint density at radius 3 is 2.50 bits per heavy atom. The molecule has 0 spiro atoms. The first-order valence-electron chi connectivity index (χ1n) is 6.91. The maximum Gasteiger partial charge on any atom is 0.225 e. The minimum absolute atomic E-state index is 0.0234. The number of nitrogens with zero attached hydrogens (tertiary/aromatic N) is 1. The molecule has 0 aliphatic heterocycles. The Bertz CT molecular complexity index is 391. The Hall–Kier alpha value is -1.59. The maximum atomic E-state index is 11.7. The van der Waals surface area contributed by atoms with Gasteiger partial charge < -0.3 is 20.3 Å². The lowest BCUT2D eigenvalue weighted by atomic mass is 10.3. The van der Waals surface area contributed by atoms with Crippen molar-refractivity contribution >= 4 is 11.6 Å². The first-order valence-corrected chi connectivity index (χ1v) is 6.91. The van der Waals surface area contributed by atoms with E-state index in [4.69, 9.17) is 4.74 Å². The van der Waals surface area contributed by atoms with Crippen LogP contribution in [0.2, 0.25) is 0 Å². The summed E-state index contributed by atoms with van der Waals surface area (Å²) in [5.74, 6) is 0.806. The lowest BCUT2D eigenvalue weighted by Crippen LogP contribution is -2.25. The molecule has 0 unspecified atom stereocenters. The molecule has 0 saturated carbocycles. The van der Waals surface area contributed by atoms with E-state index in [0.717, 1.165) is 30.9 Å². The second-order valence-corrected chi connectivity index (χ2v) is 4.93. The molecule has 1 amide bonds. The molecule has 112 valence electrons. The summed E-state index contributed by atoms with van der Waals surface area (Å²) in [6, 6.07) is 7.33. The van der Waals surface area contributed by atoms with E-state index in [1.807, 2.05) is 24.3 Å². The average Bonchev–Trinajstić information content (AvgIpc) is 2.43. The van der Waals surface area contributed by atoms with Crippen LogP contribution in [-0.4, -0.2) is 51.6 Å². The van der Waals surface area contributed by atoms with E-state index >= 15 is 0 Å². The van der Waals surface area contributed by atoms with E-state index in [0.29, 0.717) is 13.0 Å². The summed E-state index contributed by atoms with van der Waals surface area (Å²) in [5, 5.41) is 6.13. The molecule has 5 heteroatoms. The number of methoxy groups -OCH3 is 1. The van der Waals surface area contributed by atoms with Crippen LogP contribution in [-0.2, 0) is 4.79 Å². The van der Waals surface area contributed by atoms with Crippen LogP contribution in [0.4, 0.5) is 5.69 Å². The predicted octanol–water partition coefficient (Wildman–Crippen LogP) is 1.57. The fourth-order valence-electron chi connectivity index (χ4n) is 1.75. The number of anilines is 1. The van der Waals surface area contributed by atoms with Crippen molar-refractivity contribution in [2.75, 3.05) is 46.2 Å². The Labute approximate surface area is 121 Å². The number of carbonyl (C=O) groups is 1. The third-order valence-corrected chi connectivity index (χ3v) is 2.86. The van der Waals surface area contributed by atoms with Gasteiger partial charge in [-0.15, -0.1) is 0 Å². The zero-order valence-electron chi connectivity index (χ0n) is 12.6. The van der Waals surface area contributed by atoms with Crippen LogP contribution in [0.15, 0.2) is 24.3 Å². The van der Waals surface area contributed by atoms with Crippen molar-refractivity contribution in [1.82, 2.24) is 10.2 Å². The lowest BCUT2D eigenvalue weighted by molar-refractivity contribution is -0.116. The number of nitrogens with one attached hydrogen (secondary N) is 2. The van der Waals surface area contributed by atoms with Gasteiger partial charge in [0.25, 0.3) is 0 Å². The summed E-state index contributed by atoms with van der Waals surface area (Å²) in [4.78, 5) is 13.9. The van der Waals surface area contributed by atoms with Crippen molar-refractivity contribution in [3.05, 3.63) is 24.3 Å². The first-order chi connectivity index (χ1) is 9.61. The molecule has 0 aromatic heterocycles. The van der Waals surface area contributed by atoms with Gasteiger partial charge in [-0.3, -0.25) is 4.79 Å². The number of ether oxygens (including phenoxy) is 1. The van der Waals surface area contributed by atoms with Gasteiger partial charge in [0.15, 0.2) is 0 Å². The molecule has 20 heavy (non-hydrogen) atoms. The second kappa shape index (κ2) is 9.34. The van der Waals surface area contributed by atoms with Crippen LogP contribution in [0.1, 0.15) is 12.8 Å². The summed E-state index contributed by atoms with van der Waals surface area (Å²) in [5.41, 5.74) is 0.795. The van der Waals surface area contributed by atoms with E-state index < -0.39 is 0 Å². The molecule has 1 aromatic rings. The Balaban J connectivity index is 2.13. The van der Waals surface area contributed by atoms with Gasteiger partial charge in [0.1, 0.15) is 5.75 Å². The minimum atomic E-state index is 0.0234. The van der Waals surface area contributed by atoms with E-state index in [1.165, 1.54) is 0 Å². The molecule has 0 aliphatic rings. The number of amides is 1. The standard InChI is InChI=1S/C15H25N3O2/c1-18(2)12-4-10-16-11-9-15(19)17-13-5-7-14(20-3)8-6-13/h5-8,16H,4,9-12H2,1-3H3,(H,17,19). The number of rotatable bonds is 9. The van der Waals surface area contributed by atoms with Crippen molar-refractivity contribution < 1.29 is 9.53 Å². The van der Waals surface area contributed by atoms with Crippen LogP contribution in [0.3, 0.4) is 0 Å². The topological polar surface area (TPSA) is 53.6 Å². The first kappa shape index (κ1) is 16.5. The maximum absolute atomic E-state index is 11.7. The monoisotopic (exact) mass is 279 g/mol. The van der Waals surface area contributed by atoms with Gasteiger partial charge >= 0.3 is 0 Å². The molecule has 2 N–H and O–H groups in total. The predicted molar refractivity (Wildman–Crippen MR) is 82.3 cm³/mol. The summed E-state index contributed by atoms with van der Waals surface area (Å²) < 4.78 is 5.07. The normalized spacial score (nSPS) is 10.6. The zero-order chi connectivity index (χ0) is 14.8. The second-order valence-electron chi connectivity index (χ2n) is 4.93. The van der Waals surface area contributed by atoms with Crippen molar-refractivity contribution in [3.63, 3.8) is 0 Å². The molecule has 1 rings (SSSR count). The quantitative estimate of drug-likeness (QED) is 0.674. The van der Waals surface area contributed by atoms with Crippen molar-refractivity contribution in [2.24, 2.45) is 0 Å². The third kappa shape index (κ3) is 7.11. The average molecular weight is 279 g/mol. The molecule has 0 bridgehead atoms. The fourth-order valence-corrected chi connectivity index (χ4v) is 1.75. The summed E-state index contributed by atoms with van der Waals surface area (Å²) in [7, 11) is 5.74.